The lowest BCUT2D eigenvalue weighted by molar-refractivity contribution is 0.355. The molecule has 7 heteroatoms. The quantitative estimate of drug-likeness (QED) is 0.297. The minimum atomic E-state index is 0.368. The van der Waals surface area contributed by atoms with Crippen molar-refractivity contribution in [2.75, 3.05) is 26.8 Å². The van der Waals surface area contributed by atoms with E-state index in [2.05, 4.69) is 20.5 Å². The summed E-state index contributed by atoms with van der Waals surface area (Å²) in [6.07, 6.45) is 1.67. The zero-order valence-electron chi connectivity index (χ0n) is 18.6. The van der Waals surface area contributed by atoms with Gasteiger partial charge in [-0.2, -0.15) is 5.10 Å². The van der Waals surface area contributed by atoms with Gasteiger partial charge in [-0.3, -0.25) is 0 Å². The monoisotopic (exact) mass is 440 g/mol. The fourth-order valence-corrected chi connectivity index (χ4v) is 3.33. The molecule has 0 spiro atoms. The average Bonchev–Trinajstić information content (AvgIpc) is 2.89. The van der Waals surface area contributed by atoms with Crippen molar-refractivity contribution in [1.29, 1.82) is 0 Å². The summed E-state index contributed by atoms with van der Waals surface area (Å²) in [6, 6.07) is 25.2. The maximum Gasteiger partial charge on any atom is 0.244 e. The second kappa shape index (κ2) is 10.3. The zero-order chi connectivity index (χ0) is 23.0. The predicted octanol–water partition coefficient (Wildman–Crippen LogP) is 5.28. The summed E-state index contributed by atoms with van der Waals surface area (Å²) in [4.78, 5) is 9.33. The van der Waals surface area contributed by atoms with E-state index < -0.39 is 0 Å². The minimum absolute atomic E-state index is 0.368. The van der Waals surface area contributed by atoms with Crippen LogP contribution >= 0.6 is 0 Å². The van der Waals surface area contributed by atoms with Crippen molar-refractivity contribution in [3.05, 3.63) is 84.4 Å². The van der Waals surface area contributed by atoms with Gasteiger partial charge < -0.3 is 14.2 Å². The molecule has 1 heterocycles. The third-order valence-electron chi connectivity index (χ3n) is 4.98. The molecule has 0 fully saturated rings. The molecule has 0 amide bonds. The Morgan fingerprint density at radius 1 is 0.667 bits per heavy atom. The summed E-state index contributed by atoms with van der Waals surface area (Å²) < 4.78 is 16.2. The highest BCUT2D eigenvalue weighted by Gasteiger charge is 2.11. The van der Waals surface area contributed by atoms with Crippen LogP contribution in [0.3, 0.4) is 0 Å². The fourth-order valence-electron chi connectivity index (χ4n) is 3.33. The van der Waals surface area contributed by atoms with Gasteiger partial charge in [-0.25, -0.2) is 15.4 Å². The Labute approximate surface area is 192 Å². The summed E-state index contributed by atoms with van der Waals surface area (Å²) in [5, 5.41) is 4.33. The van der Waals surface area contributed by atoms with Crippen molar-refractivity contribution in [2.24, 2.45) is 5.10 Å². The molecule has 4 rings (SSSR count). The van der Waals surface area contributed by atoms with Gasteiger partial charge in [0.15, 0.2) is 11.5 Å². The number of rotatable bonds is 8. The Bertz CT molecular complexity index is 1260. The van der Waals surface area contributed by atoms with Gasteiger partial charge >= 0.3 is 0 Å². The maximum atomic E-state index is 5.46. The van der Waals surface area contributed by atoms with Gasteiger partial charge in [0, 0.05) is 16.7 Å². The topological polar surface area (TPSA) is 77.9 Å². The number of hydrogen-bond acceptors (Lipinski definition) is 7. The molecule has 1 aromatic heterocycles. The first-order valence-corrected chi connectivity index (χ1v) is 10.3. The average molecular weight is 441 g/mol. The van der Waals surface area contributed by atoms with E-state index in [0.29, 0.717) is 17.4 Å². The second-order valence-electron chi connectivity index (χ2n) is 7.01. The molecular weight excluding hydrogens is 416 g/mol. The Balaban J connectivity index is 1.72. The first-order valence-electron chi connectivity index (χ1n) is 10.3. The number of methoxy groups -OCH3 is 3. The molecule has 0 unspecified atom stereocenters. The van der Waals surface area contributed by atoms with Crippen LogP contribution in [0.1, 0.15) is 5.56 Å². The molecule has 0 saturated heterocycles. The van der Waals surface area contributed by atoms with Crippen LogP contribution in [0, 0.1) is 0 Å². The lowest BCUT2D eigenvalue weighted by atomic mass is 10.1. The zero-order valence-corrected chi connectivity index (χ0v) is 18.6. The first kappa shape index (κ1) is 21.8. The Morgan fingerprint density at radius 3 is 2.06 bits per heavy atom. The highest BCUT2D eigenvalue weighted by atomic mass is 16.5. The van der Waals surface area contributed by atoms with Crippen molar-refractivity contribution in [3.8, 4) is 39.8 Å². The summed E-state index contributed by atoms with van der Waals surface area (Å²) in [6.45, 7) is 0. The molecule has 0 atom stereocenters. The molecule has 166 valence electrons. The third-order valence-corrected chi connectivity index (χ3v) is 4.98. The van der Waals surface area contributed by atoms with Crippen molar-refractivity contribution < 1.29 is 14.2 Å². The molecule has 0 aliphatic heterocycles. The SMILES string of the molecule is COc1ccccc1/C=N/Nc1nc(-c2ccccc2)cc(-c2ccc(OC)c(OC)c2)n1. The van der Waals surface area contributed by atoms with Gasteiger partial charge in [0.2, 0.25) is 5.95 Å². The van der Waals surface area contributed by atoms with Crippen LogP contribution in [0.25, 0.3) is 22.5 Å². The van der Waals surface area contributed by atoms with Gasteiger partial charge in [0.25, 0.3) is 0 Å². The van der Waals surface area contributed by atoms with Crippen LogP contribution in [-0.2, 0) is 0 Å². The molecular formula is C26H24N4O3. The maximum absolute atomic E-state index is 5.46. The summed E-state index contributed by atoms with van der Waals surface area (Å²) in [5.41, 5.74) is 7.12. The highest BCUT2D eigenvalue weighted by Crippen LogP contribution is 2.33. The van der Waals surface area contributed by atoms with E-state index in [1.54, 1.807) is 27.5 Å². The van der Waals surface area contributed by atoms with Crippen LogP contribution in [0.15, 0.2) is 84.0 Å². The van der Waals surface area contributed by atoms with E-state index in [4.69, 9.17) is 14.2 Å². The van der Waals surface area contributed by atoms with Crippen molar-refractivity contribution >= 4 is 12.2 Å². The van der Waals surface area contributed by atoms with E-state index in [0.717, 1.165) is 33.8 Å². The van der Waals surface area contributed by atoms with Crippen molar-refractivity contribution in [3.63, 3.8) is 0 Å². The fraction of sp³-hybridized carbons (Fsp3) is 0.115. The van der Waals surface area contributed by atoms with E-state index in [1.165, 1.54) is 0 Å². The van der Waals surface area contributed by atoms with Gasteiger partial charge in [0.05, 0.1) is 38.9 Å². The van der Waals surface area contributed by atoms with E-state index in [1.807, 2.05) is 78.9 Å². The molecule has 7 nitrogen and oxygen atoms in total. The van der Waals surface area contributed by atoms with Crippen molar-refractivity contribution in [1.82, 2.24) is 9.97 Å². The van der Waals surface area contributed by atoms with E-state index in [9.17, 15) is 0 Å². The van der Waals surface area contributed by atoms with Gasteiger partial charge in [-0.05, 0) is 36.4 Å². The molecule has 0 radical (unpaired) electrons. The number of hydrazone groups is 1. The molecule has 3 aromatic carbocycles. The van der Waals surface area contributed by atoms with E-state index in [-0.39, 0.29) is 0 Å². The first-order chi connectivity index (χ1) is 16.2. The van der Waals surface area contributed by atoms with E-state index >= 15 is 0 Å². The molecule has 0 aliphatic rings. The Kier molecular flexibility index (Phi) is 6.80. The molecule has 0 aliphatic carbocycles. The van der Waals surface area contributed by atoms with Gasteiger partial charge in [0.1, 0.15) is 5.75 Å². The Morgan fingerprint density at radius 2 is 1.33 bits per heavy atom. The largest absolute Gasteiger partial charge is 0.496 e. The standard InChI is InChI=1S/C26H24N4O3/c1-31-23-12-8-7-11-20(23)17-27-30-26-28-21(18-9-5-4-6-10-18)16-22(29-26)19-13-14-24(32-2)25(15-19)33-3/h4-17H,1-3H3,(H,28,29,30)/b27-17+. The second-order valence-corrected chi connectivity index (χ2v) is 7.01. The van der Waals surface area contributed by atoms with Crippen molar-refractivity contribution in [2.45, 2.75) is 0 Å². The number of nitrogens with zero attached hydrogens (tertiary/aromatic N) is 3. The van der Waals surface area contributed by atoms with Crippen LogP contribution in [0.5, 0.6) is 17.2 Å². The third kappa shape index (κ3) is 5.10. The molecule has 33 heavy (non-hydrogen) atoms. The number of hydrogen-bond donors (Lipinski definition) is 1. The van der Waals surface area contributed by atoms with Gasteiger partial charge in [-0.15, -0.1) is 0 Å². The molecule has 0 saturated carbocycles. The minimum Gasteiger partial charge on any atom is -0.496 e. The number of nitrogens with one attached hydrogen (secondary N) is 1. The number of anilines is 1. The normalized spacial score (nSPS) is 10.8. The number of ether oxygens (including phenoxy) is 3. The summed E-state index contributed by atoms with van der Waals surface area (Å²) in [7, 11) is 4.84. The molecule has 0 bridgehead atoms. The summed E-state index contributed by atoms with van der Waals surface area (Å²) >= 11 is 0. The number of para-hydroxylation sites is 1. The van der Waals surface area contributed by atoms with Crippen LogP contribution in [0.4, 0.5) is 5.95 Å². The lowest BCUT2D eigenvalue weighted by Gasteiger charge is -2.11. The molecule has 1 N–H and O–H groups in total. The predicted molar refractivity (Wildman–Crippen MR) is 130 cm³/mol. The number of benzene rings is 3. The lowest BCUT2D eigenvalue weighted by Crippen LogP contribution is -2.01. The number of aromatic nitrogens is 2. The highest BCUT2D eigenvalue weighted by molar-refractivity contribution is 5.84. The molecule has 4 aromatic rings. The van der Waals surface area contributed by atoms with Gasteiger partial charge in [-0.1, -0.05) is 42.5 Å². The summed E-state index contributed by atoms with van der Waals surface area (Å²) in [5.74, 6) is 2.37. The van der Waals surface area contributed by atoms with Crippen LogP contribution < -0.4 is 19.6 Å². The smallest absolute Gasteiger partial charge is 0.244 e. The Hall–Kier alpha value is -4.39. The van der Waals surface area contributed by atoms with Crippen LogP contribution in [0.2, 0.25) is 0 Å². The van der Waals surface area contributed by atoms with Crippen LogP contribution in [-0.4, -0.2) is 37.5 Å².